The second-order valence-electron chi connectivity index (χ2n) is 6.53. The Morgan fingerprint density at radius 2 is 1.95 bits per heavy atom. The summed E-state index contributed by atoms with van der Waals surface area (Å²) in [7, 11) is -0.911. The van der Waals surface area contributed by atoms with Crippen LogP contribution in [0.4, 0.5) is 0 Å². The molecule has 0 aromatic heterocycles. The lowest BCUT2D eigenvalue weighted by Gasteiger charge is -2.29. The molecule has 0 amide bonds. The number of aliphatic hydroxyl groups is 1. The summed E-state index contributed by atoms with van der Waals surface area (Å²) in [6.07, 6.45) is 6.76. The number of nitrogens with zero attached hydrogens (tertiary/aromatic N) is 1. The Bertz CT molecular complexity index is 382. The third-order valence-electron chi connectivity index (χ3n) is 3.84. The van der Waals surface area contributed by atoms with Crippen LogP contribution in [0.25, 0.3) is 0 Å². The fourth-order valence-corrected chi connectivity index (χ4v) is 2.89. The molecule has 2 N–H and O–H groups in total. The van der Waals surface area contributed by atoms with Crippen LogP contribution in [0.2, 0.25) is 0 Å². The molecule has 1 rings (SSSR count). The van der Waals surface area contributed by atoms with E-state index in [1.807, 2.05) is 7.05 Å². The van der Waals surface area contributed by atoms with Crippen LogP contribution in [-0.2, 0) is 9.84 Å². The zero-order valence-corrected chi connectivity index (χ0v) is 13.9. The van der Waals surface area contributed by atoms with Crippen molar-refractivity contribution in [2.24, 2.45) is 0 Å². The summed E-state index contributed by atoms with van der Waals surface area (Å²) in [5, 5.41) is 13.0. The first-order valence-corrected chi connectivity index (χ1v) is 9.55. The Balaban J connectivity index is 2.13. The number of nitrogens with one attached hydrogen (secondary N) is 1. The van der Waals surface area contributed by atoms with Gasteiger partial charge in [0.25, 0.3) is 0 Å². The quantitative estimate of drug-likeness (QED) is 0.548. The highest BCUT2D eigenvalue weighted by Crippen LogP contribution is 2.24. The van der Waals surface area contributed by atoms with Crippen molar-refractivity contribution in [1.29, 1.82) is 0 Å². The Kier molecular flexibility index (Phi) is 6.91. The summed E-state index contributed by atoms with van der Waals surface area (Å²) in [5.41, 5.74) is -0.160. The minimum Gasteiger partial charge on any atom is -0.394 e. The molecular formula is C14H30N2O3S. The van der Waals surface area contributed by atoms with E-state index in [-0.39, 0.29) is 17.9 Å². The van der Waals surface area contributed by atoms with Gasteiger partial charge in [-0.05, 0) is 46.2 Å². The lowest BCUT2D eigenvalue weighted by molar-refractivity contribution is 0.159. The fraction of sp³-hybridized carbons (Fsp3) is 1.00. The molecule has 1 atom stereocenters. The summed E-state index contributed by atoms with van der Waals surface area (Å²) in [6.45, 7) is 3.75. The molecule has 5 nitrogen and oxygen atoms in total. The van der Waals surface area contributed by atoms with Gasteiger partial charge in [0.05, 0.1) is 12.4 Å². The molecule has 0 aromatic carbocycles. The molecular weight excluding hydrogens is 276 g/mol. The van der Waals surface area contributed by atoms with Crippen LogP contribution in [0.1, 0.15) is 39.0 Å². The van der Waals surface area contributed by atoms with Gasteiger partial charge >= 0.3 is 0 Å². The van der Waals surface area contributed by atoms with Crippen LogP contribution in [-0.4, -0.2) is 68.8 Å². The molecule has 0 saturated heterocycles. The Labute approximate surface area is 123 Å². The van der Waals surface area contributed by atoms with E-state index in [4.69, 9.17) is 0 Å². The minimum absolute atomic E-state index is 0.160. The molecule has 120 valence electrons. The zero-order valence-electron chi connectivity index (χ0n) is 13.1. The summed E-state index contributed by atoms with van der Waals surface area (Å²) < 4.78 is 22.2. The number of unbranched alkanes of at least 4 members (excludes halogenated alkanes) is 1. The van der Waals surface area contributed by atoms with Crippen molar-refractivity contribution in [1.82, 2.24) is 10.2 Å². The van der Waals surface area contributed by atoms with Gasteiger partial charge in [-0.15, -0.1) is 0 Å². The zero-order chi connectivity index (χ0) is 15.2. The maximum Gasteiger partial charge on any atom is 0.148 e. The van der Waals surface area contributed by atoms with Gasteiger partial charge in [0, 0.05) is 24.4 Å². The molecule has 1 saturated carbocycles. The predicted octanol–water partition coefficient (Wildman–Crippen LogP) is 0.636. The van der Waals surface area contributed by atoms with Gasteiger partial charge in [-0.3, -0.25) is 0 Å². The number of sulfone groups is 1. The lowest BCUT2D eigenvalue weighted by atomic mass is 9.95. The van der Waals surface area contributed by atoms with Gasteiger partial charge in [-0.25, -0.2) is 8.42 Å². The Morgan fingerprint density at radius 1 is 1.30 bits per heavy atom. The topological polar surface area (TPSA) is 69.6 Å². The summed E-state index contributed by atoms with van der Waals surface area (Å²) in [5.74, 6) is 0.223. The third-order valence-corrected chi connectivity index (χ3v) is 4.77. The van der Waals surface area contributed by atoms with E-state index in [1.54, 1.807) is 0 Å². The third kappa shape index (κ3) is 8.19. The van der Waals surface area contributed by atoms with Crippen molar-refractivity contribution < 1.29 is 13.5 Å². The monoisotopic (exact) mass is 306 g/mol. The van der Waals surface area contributed by atoms with E-state index in [1.165, 1.54) is 19.1 Å². The first-order valence-electron chi connectivity index (χ1n) is 7.49. The normalized spacial score (nSPS) is 19.2. The van der Waals surface area contributed by atoms with E-state index < -0.39 is 9.84 Å². The van der Waals surface area contributed by atoms with Crippen LogP contribution >= 0.6 is 0 Å². The smallest absolute Gasteiger partial charge is 0.148 e. The maximum absolute atomic E-state index is 11.1. The molecule has 6 heteroatoms. The summed E-state index contributed by atoms with van der Waals surface area (Å²) in [6, 6.07) is 0.601. The first-order chi connectivity index (χ1) is 9.24. The van der Waals surface area contributed by atoms with Crippen LogP contribution in [0.5, 0.6) is 0 Å². The standard InChI is InChI=1S/C14H30N2O3S/c1-14(12-17,15-13-6-7-13)8-4-5-9-16(2)10-11-20(3,18)19/h13,15,17H,4-12H2,1-3H3. The van der Waals surface area contributed by atoms with Crippen molar-refractivity contribution >= 4 is 9.84 Å². The molecule has 0 heterocycles. The number of hydrogen-bond acceptors (Lipinski definition) is 5. The fourth-order valence-electron chi connectivity index (χ4n) is 2.25. The van der Waals surface area contributed by atoms with Crippen molar-refractivity contribution in [3.8, 4) is 0 Å². The van der Waals surface area contributed by atoms with Crippen LogP contribution in [0.15, 0.2) is 0 Å². The van der Waals surface area contributed by atoms with E-state index in [0.29, 0.717) is 12.6 Å². The second kappa shape index (κ2) is 7.73. The molecule has 1 aliphatic carbocycles. The van der Waals surface area contributed by atoms with Crippen LogP contribution in [0, 0.1) is 0 Å². The van der Waals surface area contributed by atoms with Crippen molar-refractivity contribution in [3.05, 3.63) is 0 Å². The van der Waals surface area contributed by atoms with Gasteiger partial charge in [0.2, 0.25) is 0 Å². The number of hydrogen-bond donors (Lipinski definition) is 2. The lowest BCUT2D eigenvalue weighted by Crippen LogP contribution is -2.47. The van der Waals surface area contributed by atoms with Crippen LogP contribution in [0.3, 0.4) is 0 Å². The average molecular weight is 306 g/mol. The molecule has 0 spiro atoms. The van der Waals surface area contributed by atoms with Crippen molar-refractivity contribution in [2.75, 3.05) is 38.8 Å². The highest BCUT2D eigenvalue weighted by atomic mass is 32.2. The van der Waals surface area contributed by atoms with E-state index in [0.717, 1.165) is 25.8 Å². The largest absolute Gasteiger partial charge is 0.394 e. The summed E-state index contributed by atoms with van der Waals surface area (Å²) in [4.78, 5) is 2.06. The van der Waals surface area contributed by atoms with E-state index in [9.17, 15) is 13.5 Å². The van der Waals surface area contributed by atoms with Gasteiger partial charge in [-0.1, -0.05) is 6.42 Å². The molecule has 1 unspecified atom stereocenters. The molecule has 20 heavy (non-hydrogen) atoms. The van der Waals surface area contributed by atoms with Gasteiger partial charge in [0.15, 0.2) is 0 Å². The van der Waals surface area contributed by atoms with E-state index >= 15 is 0 Å². The number of aliphatic hydroxyl groups excluding tert-OH is 1. The predicted molar refractivity (Wildman–Crippen MR) is 82.7 cm³/mol. The SMILES string of the molecule is CN(CCCCC(C)(CO)NC1CC1)CCS(C)(=O)=O. The van der Waals surface area contributed by atoms with Gasteiger partial charge in [0.1, 0.15) is 9.84 Å². The second-order valence-corrected chi connectivity index (χ2v) is 8.79. The van der Waals surface area contributed by atoms with Crippen molar-refractivity contribution in [2.45, 2.75) is 50.6 Å². The van der Waals surface area contributed by atoms with Gasteiger partial charge < -0.3 is 15.3 Å². The average Bonchev–Trinajstić information content (AvgIpc) is 3.15. The molecule has 1 fully saturated rings. The highest BCUT2D eigenvalue weighted by molar-refractivity contribution is 7.90. The molecule has 0 aromatic rings. The minimum atomic E-state index is -2.87. The molecule has 0 aliphatic heterocycles. The molecule has 0 radical (unpaired) electrons. The highest BCUT2D eigenvalue weighted by Gasteiger charge is 2.31. The molecule has 1 aliphatic rings. The van der Waals surface area contributed by atoms with Crippen molar-refractivity contribution in [3.63, 3.8) is 0 Å². The van der Waals surface area contributed by atoms with E-state index in [2.05, 4.69) is 17.1 Å². The Morgan fingerprint density at radius 3 is 2.45 bits per heavy atom. The summed E-state index contributed by atoms with van der Waals surface area (Å²) >= 11 is 0. The maximum atomic E-state index is 11.1. The number of rotatable bonds is 11. The molecule has 0 bridgehead atoms. The first kappa shape index (κ1) is 17.9. The van der Waals surface area contributed by atoms with Crippen LogP contribution < -0.4 is 5.32 Å². The van der Waals surface area contributed by atoms with Gasteiger partial charge in [-0.2, -0.15) is 0 Å². The Hall–Kier alpha value is -0.170.